The molecule has 0 aromatic rings. The van der Waals surface area contributed by atoms with Crippen molar-refractivity contribution < 1.29 is 9.53 Å². The van der Waals surface area contributed by atoms with Gasteiger partial charge in [0.1, 0.15) is 11.6 Å². The van der Waals surface area contributed by atoms with Crippen LogP contribution in [-0.4, -0.2) is 25.7 Å². The van der Waals surface area contributed by atoms with Crippen LogP contribution in [0.3, 0.4) is 0 Å². The van der Waals surface area contributed by atoms with E-state index in [0.29, 0.717) is 6.54 Å². The summed E-state index contributed by atoms with van der Waals surface area (Å²) in [6.45, 7) is 7.93. The summed E-state index contributed by atoms with van der Waals surface area (Å²) in [6.07, 6.45) is 10.7. The molecule has 120 valence electrons. The number of ether oxygens (including phenoxy) is 1. The zero-order chi connectivity index (χ0) is 15.8. The number of unbranched alkanes of at least 4 members (excludes halogenated alkanes) is 7. The lowest BCUT2D eigenvalue weighted by molar-refractivity contribution is -0.117. The fourth-order valence-electron chi connectivity index (χ4n) is 2.00. The second-order valence-electron chi connectivity index (χ2n) is 5.29. The van der Waals surface area contributed by atoms with Crippen LogP contribution in [0, 0.1) is 11.3 Å². The van der Waals surface area contributed by atoms with E-state index in [-0.39, 0.29) is 11.5 Å². The molecule has 4 heteroatoms. The van der Waals surface area contributed by atoms with E-state index in [1.54, 1.807) is 6.07 Å². The number of hydrogen-bond acceptors (Lipinski definition) is 3. The highest BCUT2D eigenvalue weighted by Gasteiger charge is 2.03. The third kappa shape index (κ3) is 13.4. The first kappa shape index (κ1) is 19.7. The Hall–Kier alpha value is -1.34. The van der Waals surface area contributed by atoms with Crippen molar-refractivity contribution >= 4 is 5.91 Å². The molecule has 0 aliphatic rings. The van der Waals surface area contributed by atoms with E-state index >= 15 is 0 Å². The first-order valence-electron chi connectivity index (χ1n) is 8.17. The summed E-state index contributed by atoms with van der Waals surface area (Å²) in [7, 11) is 0. The van der Waals surface area contributed by atoms with Gasteiger partial charge in [-0.3, -0.25) is 4.79 Å². The highest BCUT2D eigenvalue weighted by Crippen LogP contribution is 2.08. The lowest BCUT2D eigenvalue weighted by Crippen LogP contribution is -2.25. The van der Waals surface area contributed by atoms with Crippen molar-refractivity contribution in [1.82, 2.24) is 5.32 Å². The molecule has 0 rings (SSSR count). The predicted octanol–water partition coefficient (Wildman–Crippen LogP) is 3.73. The van der Waals surface area contributed by atoms with Crippen molar-refractivity contribution in [2.75, 3.05) is 19.8 Å². The van der Waals surface area contributed by atoms with Crippen LogP contribution >= 0.6 is 0 Å². The van der Waals surface area contributed by atoms with E-state index in [0.717, 1.165) is 32.5 Å². The smallest absolute Gasteiger partial charge is 0.261 e. The number of carbonyl (C=O) groups excluding carboxylic acids is 1. The second-order valence-corrected chi connectivity index (χ2v) is 5.29. The highest BCUT2D eigenvalue weighted by atomic mass is 16.5. The van der Waals surface area contributed by atoms with Crippen molar-refractivity contribution in [2.24, 2.45) is 0 Å². The fourth-order valence-corrected chi connectivity index (χ4v) is 2.00. The van der Waals surface area contributed by atoms with Gasteiger partial charge in [-0.15, -0.1) is 0 Å². The van der Waals surface area contributed by atoms with Crippen molar-refractivity contribution in [3.05, 3.63) is 12.2 Å². The minimum Gasteiger partial charge on any atom is -0.381 e. The number of nitrogens with zero attached hydrogens (tertiary/aromatic N) is 1. The molecule has 0 aliphatic heterocycles. The molecule has 0 fully saturated rings. The van der Waals surface area contributed by atoms with Crippen molar-refractivity contribution in [1.29, 1.82) is 5.26 Å². The molecule has 0 aliphatic carbocycles. The molecule has 21 heavy (non-hydrogen) atoms. The Bertz CT molecular complexity index is 321. The van der Waals surface area contributed by atoms with Crippen molar-refractivity contribution in [3.8, 4) is 6.07 Å². The SMILES string of the molecule is C=C(C#N)C(=O)NCCCCCCCCCCOCCC. The largest absolute Gasteiger partial charge is 0.381 e. The summed E-state index contributed by atoms with van der Waals surface area (Å²) in [5.41, 5.74) is -0.0158. The van der Waals surface area contributed by atoms with Gasteiger partial charge in [0.05, 0.1) is 0 Å². The molecule has 0 heterocycles. The summed E-state index contributed by atoms with van der Waals surface area (Å²) in [5.74, 6) is -0.345. The zero-order valence-corrected chi connectivity index (χ0v) is 13.5. The number of hydrogen-bond donors (Lipinski definition) is 1. The number of nitriles is 1. The van der Waals surface area contributed by atoms with E-state index in [2.05, 4.69) is 18.8 Å². The Balaban J connectivity index is 3.14. The number of rotatable bonds is 14. The van der Waals surface area contributed by atoms with Gasteiger partial charge in [0.2, 0.25) is 0 Å². The molecule has 0 atom stereocenters. The fraction of sp³-hybridized carbons (Fsp3) is 0.765. The Labute approximate surface area is 129 Å². The van der Waals surface area contributed by atoms with Gasteiger partial charge in [-0.05, 0) is 19.3 Å². The lowest BCUT2D eigenvalue weighted by atomic mass is 10.1. The van der Waals surface area contributed by atoms with E-state index in [9.17, 15) is 4.79 Å². The van der Waals surface area contributed by atoms with E-state index in [1.165, 1.54) is 38.5 Å². The normalized spacial score (nSPS) is 10.1. The second kappa shape index (κ2) is 15.1. The van der Waals surface area contributed by atoms with Gasteiger partial charge < -0.3 is 10.1 Å². The lowest BCUT2D eigenvalue weighted by Gasteiger charge is -2.04. The predicted molar refractivity (Wildman–Crippen MR) is 85.8 cm³/mol. The van der Waals surface area contributed by atoms with E-state index in [4.69, 9.17) is 10.00 Å². The van der Waals surface area contributed by atoms with Crippen LogP contribution < -0.4 is 5.32 Å². The van der Waals surface area contributed by atoms with Gasteiger partial charge >= 0.3 is 0 Å². The summed E-state index contributed by atoms with van der Waals surface area (Å²) in [6, 6.07) is 1.75. The Morgan fingerprint density at radius 1 is 1.05 bits per heavy atom. The third-order valence-electron chi connectivity index (χ3n) is 3.26. The topological polar surface area (TPSA) is 62.1 Å². The average molecular weight is 294 g/mol. The zero-order valence-electron chi connectivity index (χ0n) is 13.5. The number of amides is 1. The third-order valence-corrected chi connectivity index (χ3v) is 3.26. The molecule has 0 bridgehead atoms. The standard InChI is InChI=1S/C17H30N2O2/c1-3-13-21-14-11-9-7-5-4-6-8-10-12-19-17(20)16(2)15-18/h2-14H2,1H3,(H,19,20). The minimum absolute atomic E-state index is 0.0158. The van der Waals surface area contributed by atoms with Gasteiger partial charge in [0.15, 0.2) is 0 Å². The van der Waals surface area contributed by atoms with Crippen LogP contribution in [0.15, 0.2) is 12.2 Å². The van der Waals surface area contributed by atoms with E-state index < -0.39 is 0 Å². The van der Waals surface area contributed by atoms with Gasteiger partial charge in [-0.1, -0.05) is 52.0 Å². The maximum absolute atomic E-state index is 11.2. The molecule has 0 saturated heterocycles. The quantitative estimate of drug-likeness (QED) is 0.302. The molecular formula is C17H30N2O2. The summed E-state index contributed by atoms with van der Waals surface area (Å²) < 4.78 is 5.44. The summed E-state index contributed by atoms with van der Waals surface area (Å²) in [4.78, 5) is 11.2. The molecule has 0 unspecified atom stereocenters. The summed E-state index contributed by atoms with van der Waals surface area (Å²) in [5, 5.41) is 11.2. The van der Waals surface area contributed by atoms with Gasteiger partial charge in [0.25, 0.3) is 5.91 Å². The average Bonchev–Trinajstić information content (AvgIpc) is 2.50. The van der Waals surface area contributed by atoms with Crippen molar-refractivity contribution in [3.63, 3.8) is 0 Å². The molecule has 0 radical (unpaired) electrons. The van der Waals surface area contributed by atoms with Gasteiger partial charge in [-0.2, -0.15) is 5.26 Å². The van der Waals surface area contributed by atoms with Gasteiger partial charge in [0, 0.05) is 19.8 Å². The number of carbonyl (C=O) groups is 1. The summed E-state index contributed by atoms with van der Waals surface area (Å²) >= 11 is 0. The Morgan fingerprint density at radius 2 is 1.62 bits per heavy atom. The Kier molecular flexibility index (Phi) is 14.1. The monoisotopic (exact) mass is 294 g/mol. The molecule has 4 nitrogen and oxygen atoms in total. The maximum atomic E-state index is 11.2. The Morgan fingerprint density at radius 3 is 2.19 bits per heavy atom. The molecule has 0 aromatic carbocycles. The highest BCUT2D eigenvalue weighted by molar-refractivity contribution is 5.96. The first-order chi connectivity index (χ1) is 10.2. The van der Waals surface area contributed by atoms with Crippen LogP contribution in [0.5, 0.6) is 0 Å². The van der Waals surface area contributed by atoms with Crippen LogP contribution in [-0.2, 0) is 9.53 Å². The van der Waals surface area contributed by atoms with Crippen LogP contribution in [0.1, 0.15) is 64.7 Å². The van der Waals surface area contributed by atoms with Crippen LogP contribution in [0.25, 0.3) is 0 Å². The minimum atomic E-state index is -0.345. The van der Waals surface area contributed by atoms with Crippen LogP contribution in [0.4, 0.5) is 0 Å². The van der Waals surface area contributed by atoms with Crippen molar-refractivity contribution in [2.45, 2.75) is 64.7 Å². The van der Waals surface area contributed by atoms with Gasteiger partial charge in [-0.25, -0.2) is 0 Å². The molecule has 0 aromatic heterocycles. The molecule has 0 spiro atoms. The first-order valence-corrected chi connectivity index (χ1v) is 8.17. The molecule has 0 saturated carbocycles. The molecule has 1 amide bonds. The molecule has 1 N–H and O–H groups in total. The number of nitrogens with one attached hydrogen (secondary N) is 1. The maximum Gasteiger partial charge on any atom is 0.261 e. The van der Waals surface area contributed by atoms with Crippen LogP contribution in [0.2, 0.25) is 0 Å². The molecular weight excluding hydrogens is 264 g/mol. The van der Waals surface area contributed by atoms with E-state index in [1.807, 2.05) is 0 Å².